The van der Waals surface area contributed by atoms with Crippen LogP contribution >= 0.6 is 0 Å². The number of para-hydroxylation sites is 2. The molecule has 0 spiro atoms. The summed E-state index contributed by atoms with van der Waals surface area (Å²) in [4.78, 5) is 29.5. The lowest BCUT2D eigenvalue weighted by Gasteiger charge is -2.36. The van der Waals surface area contributed by atoms with E-state index in [-0.39, 0.29) is 44.3 Å². The Hall–Kier alpha value is -3.10. The first-order valence-electron chi connectivity index (χ1n) is 19.2. The third kappa shape index (κ3) is 23.6. The number of rotatable bonds is 27. The maximum atomic E-state index is 13.3. The van der Waals surface area contributed by atoms with E-state index in [1.54, 1.807) is 14.2 Å². The second-order valence-corrected chi connectivity index (χ2v) is 15.0. The summed E-state index contributed by atoms with van der Waals surface area (Å²) in [6.07, 6.45) is 5.42. The number of nitrogens with zero attached hydrogens (tertiary/aromatic N) is 2. The summed E-state index contributed by atoms with van der Waals surface area (Å²) < 4.78 is 38.9. The van der Waals surface area contributed by atoms with Gasteiger partial charge in [-0.05, 0) is 79.5 Å². The molecule has 1 atom stereocenters. The molecule has 1 unspecified atom stereocenters. The fourth-order valence-electron chi connectivity index (χ4n) is 5.10. The van der Waals surface area contributed by atoms with E-state index in [1.807, 2.05) is 90.1 Å². The molecule has 2 N–H and O–H groups in total. The number of methoxy groups -OCH3 is 2. The van der Waals surface area contributed by atoms with Crippen LogP contribution in [-0.4, -0.2) is 113 Å². The van der Waals surface area contributed by atoms with Gasteiger partial charge in [-0.3, -0.25) is 14.6 Å². The summed E-state index contributed by atoms with van der Waals surface area (Å²) >= 11 is 0. The van der Waals surface area contributed by atoms with Crippen molar-refractivity contribution in [1.82, 2.24) is 9.80 Å². The highest BCUT2D eigenvalue weighted by Crippen LogP contribution is 2.25. The molecule has 0 saturated carbocycles. The first-order chi connectivity index (χ1) is 25.8. The van der Waals surface area contributed by atoms with Crippen molar-refractivity contribution in [2.24, 2.45) is 5.73 Å². The quantitative estimate of drug-likeness (QED) is 0.0455. The van der Waals surface area contributed by atoms with Crippen molar-refractivity contribution in [2.45, 2.75) is 111 Å². The molecule has 2 aromatic carbocycles. The van der Waals surface area contributed by atoms with Gasteiger partial charge in [0.1, 0.15) is 23.4 Å². The maximum absolute atomic E-state index is 13.3. The van der Waals surface area contributed by atoms with Crippen LogP contribution in [0.1, 0.15) is 91.7 Å². The second-order valence-electron chi connectivity index (χ2n) is 15.0. The molecule has 12 heteroatoms. The smallest absolute Gasteiger partial charge is 0.320 e. The van der Waals surface area contributed by atoms with Crippen LogP contribution < -0.4 is 15.2 Å². The van der Waals surface area contributed by atoms with Gasteiger partial charge < -0.3 is 43.7 Å². The fourth-order valence-corrected chi connectivity index (χ4v) is 5.10. The van der Waals surface area contributed by atoms with Gasteiger partial charge in [-0.1, -0.05) is 56.2 Å². The summed E-state index contributed by atoms with van der Waals surface area (Å²) in [7, 11) is 3.33. The first-order valence-corrected chi connectivity index (χ1v) is 19.2. The van der Waals surface area contributed by atoms with Crippen molar-refractivity contribution >= 4 is 12.3 Å². The average molecular weight is 762 g/mol. The van der Waals surface area contributed by atoms with Gasteiger partial charge in [0.15, 0.2) is 13.6 Å². The Labute approximate surface area is 325 Å². The Morgan fingerprint density at radius 1 is 0.796 bits per heavy atom. The van der Waals surface area contributed by atoms with Crippen molar-refractivity contribution < 1.29 is 42.7 Å². The van der Waals surface area contributed by atoms with E-state index in [9.17, 15) is 9.59 Å². The molecule has 0 amide bonds. The monoisotopic (exact) mass is 762 g/mol. The van der Waals surface area contributed by atoms with Crippen LogP contribution in [0.3, 0.4) is 0 Å². The molecule has 0 radical (unpaired) electrons. The lowest BCUT2D eigenvalue weighted by atomic mass is 10.0. The second kappa shape index (κ2) is 28.3. The predicted molar refractivity (Wildman–Crippen MR) is 214 cm³/mol. The van der Waals surface area contributed by atoms with Crippen LogP contribution in [0.5, 0.6) is 11.5 Å². The van der Waals surface area contributed by atoms with E-state index >= 15 is 0 Å². The highest BCUT2D eigenvalue weighted by atomic mass is 16.7. The molecule has 2 rings (SSSR count). The van der Waals surface area contributed by atoms with Crippen LogP contribution in [0.15, 0.2) is 48.5 Å². The number of ether oxygens (including phenoxy) is 7. The highest BCUT2D eigenvalue weighted by Gasteiger charge is 2.27. The van der Waals surface area contributed by atoms with Crippen LogP contribution in [0.25, 0.3) is 0 Å². The van der Waals surface area contributed by atoms with Crippen molar-refractivity contribution in [3.8, 4) is 11.5 Å². The SMILES string of the molecule is CCCCOCOc1ccccc1CN(CC=O)CC(CCCCN)N(CC(=O)OC(C)(C)C)Cc1ccccc1OCOCCOC.COC(C)(C)C. The van der Waals surface area contributed by atoms with Crippen LogP contribution in [-0.2, 0) is 46.4 Å². The molecule has 0 heterocycles. The van der Waals surface area contributed by atoms with Crippen molar-refractivity contribution in [3.05, 3.63) is 59.7 Å². The molecule has 0 aliphatic carbocycles. The Balaban J connectivity index is 0.00000223. The number of carbonyl (C=O) groups is 2. The van der Waals surface area contributed by atoms with Crippen LogP contribution in [0, 0.1) is 0 Å². The topological polar surface area (TPSA) is 131 Å². The first kappa shape index (κ1) is 48.9. The number of carbonyl (C=O) groups excluding carboxylic acids is 2. The number of hydrogen-bond donors (Lipinski definition) is 1. The summed E-state index contributed by atoms with van der Waals surface area (Å²) in [6.45, 7) is 17.8. The largest absolute Gasteiger partial charge is 0.467 e. The lowest BCUT2D eigenvalue weighted by molar-refractivity contribution is -0.157. The average Bonchev–Trinajstić information content (AvgIpc) is 3.11. The zero-order chi connectivity index (χ0) is 40.2. The van der Waals surface area contributed by atoms with Gasteiger partial charge >= 0.3 is 5.97 Å². The number of hydrogen-bond acceptors (Lipinski definition) is 12. The summed E-state index contributed by atoms with van der Waals surface area (Å²) in [5.41, 5.74) is 7.16. The number of benzene rings is 2. The molecular weight excluding hydrogens is 690 g/mol. The van der Waals surface area contributed by atoms with E-state index in [2.05, 4.69) is 16.7 Å². The third-order valence-corrected chi connectivity index (χ3v) is 8.06. The number of nitrogens with two attached hydrogens (primary N) is 1. The van der Waals surface area contributed by atoms with Gasteiger partial charge in [0, 0.05) is 51.0 Å². The van der Waals surface area contributed by atoms with Crippen molar-refractivity contribution in [3.63, 3.8) is 0 Å². The Morgan fingerprint density at radius 2 is 1.37 bits per heavy atom. The van der Waals surface area contributed by atoms with E-state index in [1.165, 1.54) is 0 Å². The molecule has 2 aromatic rings. The van der Waals surface area contributed by atoms with Gasteiger partial charge in [0.25, 0.3) is 0 Å². The number of unbranched alkanes of at least 4 members (excludes halogenated alkanes) is 2. The standard InChI is InChI=1S/C37H59N3O8.C5H12O/c1-6-7-22-44-29-46-34-17-10-8-14-31(34)25-39(20-21-41)27-33(16-12-13-19-38)40(28-36(42)48-37(2,3)4)26-32-15-9-11-18-35(32)47-30-45-24-23-43-5;1-5(2,3)6-4/h8-11,14-15,17-18,21,33H,6-7,12-13,16,19-20,22-30,38H2,1-5H3;1-4H3. The molecule has 308 valence electrons. The van der Waals surface area contributed by atoms with E-state index in [0.717, 1.165) is 49.5 Å². The minimum absolute atomic E-state index is 0.0417. The molecule has 0 aliphatic heterocycles. The molecule has 54 heavy (non-hydrogen) atoms. The molecule has 0 aromatic heterocycles. The maximum Gasteiger partial charge on any atom is 0.320 e. The molecule has 0 bridgehead atoms. The van der Waals surface area contributed by atoms with Crippen molar-refractivity contribution in [1.29, 1.82) is 0 Å². The van der Waals surface area contributed by atoms with Gasteiger partial charge in [0.2, 0.25) is 0 Å². The fraction of sp³-hybridized carbons (Fsp3) is 0.667. The van der Waals surface area contributed by atoms with E-state index in [4.69, 9.17) is 38.9 Å². The predicted octanol–water partition coefficient (Wildman–Crippen LogP) is 6.61. The minimum atomic E-state index is -0.633. The molecule has 0 saturated heterocycles. The lowest BCUT2D eigenvalue weighted by Crippen LogP contribution is -2.47. The van der Waals surface area contributed by atoms with E-state index in [0.29, 0.717) is 57.5 Å². The van der Waals surface area contributed by atoms with Crippen LogP contribution in [0.4, 0.5) is 0 Å². The summed E-state index contributed by atoms with van der Waals surface area (Å²) in [5, 5.41) is 0. The number of aldehydes is 1. The van der Waals surface area contributed by atoms with Gasteiger partial charge in [-0.2, -0.15) is 0 Å². The van der Waals surface area contributed by atoms with Crippen molar-refractivity contribution in [2.75, 3.05) is 73.8 Å². The molecule has 0 fully saturated rings. The zero-order valence-electron chi connectivity index (χ0n) is 34.7. The van der Waals surface area contributed by atoms with Gasteiger partial charge in [0.05, 0.1) is 38.5 Å². The van der Waals surface area contributed by atoms with Crippen LogP contribution in [0.2, 0.25) is 0 Å². The normalized spacial score (nSPS) is 12.3. The Bertz CT molecular complexity index is 1270. The molecular formula is C42H71N3O9. The summed E-state index contributed by atoms with van der Waals surface area (Å²) in [6, 6.07) is 15.4. The third-order valence-electron chi connectivity index (χ3n) is 8.06. The number of esters is 1. The Kier molecular flexibility index (Phi) is 25.7. The highest BCUT2D eigenvalue weighted by molar-refractivity contribution is 5.72. The molecule has 12 nitrogen and oxygen atoms in total. The summed E-state index contributed by atoms with van der Waals surface area (Å²) in [5.74, 6) is 1.06. The molecule has 0 aliphatic rings. The Morgan fingerprint density at radius 3 is 1.89 bits per heavy atom. The van der Waals surface area contributed by atoms with Gasteiger partial charge in [-0.25, -0.2) is 0 Å². The zero-order valence-corrected chi connectivity index (χ0v) is 34.7. The minimum Gasteiger partial charge on any atom is -0.467 e. The van der Waals surface area contributed by atoms with Gasteiger partial charge in [-0.15, -0.1) is 0 Å². The van der Waals surface area contributed by atoms with E-state index < -0.39 is 5.60 Å².